The Balaban J connectivity index is 1.84. The highest BCUT2D eigenvalue weighted by molar-refractivity contribution is 5.63. The van der Waals surface area contributed by atoms with Gasteiger partial charge in [0.1, 0.15) is 12.4 Å². The van der Waals surface area contributed by atoms with Crippen LogP contribution in [-0.4, -0.2) is 42.7 Å². The van der Waals surface area contributed by atoms with Gasteiger partial charge in [0.2, 0.25) is 0 Å². The molecule has 0 aliphatic heterocycles. The highest BCUT2D eigenvalue weighted by Crippen LogP contribution is 2.28. The molecular formula is C24H36N2O4. The van der Waals surface area contributed by atoms with Crippen LogP contribution in [0.3, 0.4) is 0 Å². The van der Waals surface area contributed by atoms with Crippen molar-refractivity contribution in [2.24, 2.45) is 0 Å². The molecule has 1 heterocycles. The van der Waals surface area contributed by atoms with E-state index in [1.54, 1.807) is 12.4 Å². The molecule has 0 amide bonds. The van der Waals surface area contributed by atoms with Crippen molar-refractivity contribution < 1.29 is 18.9 Å². The summed E-state index contributed by atoms with van der Waals surface area (Å²) < 4.78 is 22.9. The van der Waals surface area contributed by atoms with E-state index in [2.05, 4.69) is 23.8 Å². The van der Waals surface area contributed by atoms with Gasteiger partial charge in [-0.2, -0.15) is 0 Å². The van der Waals surface area contributed by atoms with Gasteiger partial charge in [-0.3, -0.25) is 0 Å². The number of nitrogens with zero attached hydrogens (tertiary/aromatic N) is 2. The fourth-order valence-corrected chi connectivity index (χ4v) is 2.87. The molecule has 1 aromatic heterocycles. The first kappa shape index (κ1) is 24.1. The van der Waals surface area contributed by atoms with Gasteiger partial charge < -0.3 is 18.9 Å². The lowest BCUT2D eigenvalue weighted by molar-refractivity contribution is -0.0673. The fourth-order valence-electron chi connectivity index (χ4n) is 2.87. The van der Waals surface area contributed by atoms with Crippen molar-refractivity contribution in [1.29, 1.82) is 0 Å². The van der Waals surface area contributed by atoms with E-state index < -0.39 is 0 Å². The van der Waals surface area contributed by atoms with Crippen LogP contribution in [0.2, 0.25) is 0 Å². The molecule has 166 valence electrons. The third kappa shape index (κ3) is 9.09. The van der Waals surface area contributed by atoms with Crippen LogP contribution < -0.4 is 9.47 Å². The summed E-state index contributed by atoms with van der Waals surface area (Å²) in [5.41, 5.74) is 0.826. The molecule has 1 atom stereocenters. The molecule has 0 radical (unpaired) electrons. The van der Waals surface area contributed by atoms with Crippen LogP contribution in [-0.2, 0) is 9.47 Å². The highest BCUT2D eigenvalue weighted by atomic mass is 16.7. The second-order valence-electron chi connectivity index (χ2n) is 7.17. The van der Waals surface area contributed by atoms with E-state index in [4.69, 9.17) is 18.9 Å². The van der Waals surface area contributed by atoms with Crippen LogP contribution in [0.1, 0.15) is 59.3 Å². The topological polar surface area (TPSA) is 62.7 Å². The summed E-state index contributed by atoms with van der Waals surface area (Å²) >= 11 is 0. The summed E-state index contributed by atoms with van der Waals surface area (Å²) in [7, 11) is 0. The summed E-state index contributed by atoms with van der Waals surface area (Å²) in [4.78, 5) is 8.89. The number of hydrogen-bond donors (Lipinski definition) is 0. The quantitative estimate of drug-likeness (QED) is 0.260. The van der Waals surface area contributed by atoms with Crippen LogP contribution in [0.5, 0.6) is 11.5 Å². The van der Waals surface area contributed by atoms with Gasteiger partial charge in [-0.05, 0) is 31.9 Å². The van der Waals surface area contributed by atoms with Gasteiger partial charge in [0.25, 0.3) is 0 Å². The molecule has 0 aliphatic rings. The fraction of sp³-hybridized carbons (Fsp3) is 0.583. The van der Waals surface area contributed by atoms with Gasteiger partial charge in [-0.15, -0.1) is 0 Å². The molecule has 1 aromatic carbocycles. The van der Waals surface area contributed by atoms with Gasteiger partial charge >= 0.3 is 0 Å². The molecule has 0 spiro atoms. The zero-order valence-corrected chi connectivity index (χ0v) is 18.6. The Hall–Kier alpha value is -2.18. The van der Waals surface area contributed by atoms with Crippen LogP contribution in [0.15, 0.2) is 36.7 Å². The molecule has 0 saturated heterocycles. The van der Waals surface area contributed by atoms with Crippen molar-refractivity contribution >= 4 is 0 Å². The van der Waals surface area contributed by atoms with Crippen LogP contribution in [0.4, 0.5) is 0 Å². The zero-order chi connectivity index (χ0) is 21.4. The van der Waals surface area contributed by atoms with E-state index >= 15 is 0 Å². The van der Waals surface area contributed by atoms with Crippen LogP contribution in [0.25, 0.3) is 11.4 Å². The van der Waals surface area contributed by atoms with Crippen molar-refractivity contribution in [3.05, 3.63) is 36.7 Å². The Kier molecular flexibility index (Phi) is 11.8. The van der Waals surface area contributed by atoms with Crippen molar-refractivity contribution in [3.8, 4) is 22.9 Å². The molecule has 0 saturated carbocycles. The highest BCUT2D eigenvalue weighted by Gasteiger charge is 2.12. The van der Waals surface area contributed by atoms with Crippen molar-refractivity contribution in [1.82, 2.24) is 9.97 Å². The molecule has 6 heteroatoms. The number of unbranched alkanes of at least 4 members (excludes halogenated alkanes) is 4. The van der Waals surface area contributed by atoms with E-state index in [1.807, 2.05) is 31.2 Å². The molecule has 30 heavy (non-hydrogen) atoms. The maximum Gasteiger partial charge on any atom is 0.197 e. The van der Waals surface area contributed by atoms with Gasteiger partial charge in [-0.1, -0.05) is 51.7 Å². The molecule has 0 fully saturated rings. The summed E-state index contributed by atoms with van der Waals surface area (Å²) in [6.45, 7) is 8.80. The Morgan fingerprint density at radius 3 is 2.27 bits per heavy atom. The minimum absolute atomic E-state index is 0.331. The van der Waals surface area contributed by atoms with Crippen molar-refractivity contribution in [2.45, 2.75) is 65.6 Å². The first-order valence-electron chi connectivity index (χ1n) is 11.1. The minimum atomic E-state index is -0.331. The molecule has 0 bridgehead atoms. The van der Waals surface area contributed by atoms with Crippen LogP contribution in [0, 0.1) is 0 Å². The van der Waals surface area contributed by atoms with Crippen molar-refractivity contribution in [3.63, 3.8) is 0 Å². The lowest BCUT2D eigenvalue weighted by atomic mass is 10.2. The molecular weight excluding hydrogens is 380 g/mol. The van der Waals surface area contributed by atoms with Gasteiger partial charge in [0.05, 0.1) is 31.2 Å². The molecule has 0 aliphatic carbocycles. The largest absolute Gasteiger partial charge is 0.488 e. The molecule has 0 N–H and O–H groups in total. The zero-order valence-electron chi connectivity index (χ0n) is 18.6. The number of ether oxygens (including phenoxy) is 4. The summed E-state index contributed by atoms with van der Waals surface area (Å²) in [5, 5.41) is 0. The molecule has 6 nitrogen and oxygen atoms in total. The second kappa shape index (κ2) is 14.7. The molecule has 2 rings (SSSR count). The maximum atomic E-state index is 5.98. The van der Waals surface area contributed by atoms with E-state index in [1.165, 1.54) is 19.3 Å². The standard InChI is InChI=1S/C24H36N2O4/c1-4-6-10-14-27-16-17-29-21-18-25-24(26-19-21)22-12-8-9-13-23(22)30-20(3)28-15-11-7-5-2/h8-9,12-13,18-20H,4-7,10-11,14-17H2,1-3H3. The average molecular weight is 417 g/mol. The van der Waals surface area contributed by atoms with Crippen molar-refractivity contribution in [2.75, 3.05) is 26.4 Å². The number of rotatable bonds is 16. The van der Waals surface area contributed by atoms with E-state index in [-0.39, 0.29) is 6.29 Å². The normalized spacial score (nSPS) is 12.0. The van der Waals surface area contributed by atoms with E-state index in [0.29, 0.717) is 37.1 Å². The predicted octanol–water partition coefficient (Wildman–Crippen LogP) is 5.66. The Morgan fingerprint density at radius 1 is 0.833 bits per heavy atom. The van der Waals surface area contributed by atoms with Crippen LogP contribution >= 0.6 is 0 Å². The van der Waals surface area contributed by atoms with Gasteiger partial charge in [0.15, 0.2) is 17.9 Å². The Morgan fingerprint density at radius 2 is 1.53 bits per heavy atom. The summed E-state index contributed by atoms with van der Waals surface area (Å²) in [6, 6.07) is 7.73. The smallest absolute Gasteiger partial charge is 0.197 e. The minimum Gasteiger partial charge on any atom is -0.488 e. The summed E-state index contributed by atoms with van der Waals surface area (Å²) in [6.07, 6.45) is 9.90. The number of para-hydroxylation sites is 1. The first-order chi connectivity index (χ1) is 14.7. The Bertz CT molecular complexity index is 694. The average Bonchev–Trinajstić information content (AvgIpc) is 2.77. The lowest BCUT2D eigenvalue weighted by Crippen LogP contribution is -2.17. The Labute approximate surface area is 180 Å². The third-order valence-corrected chi connectivity index (χ3v) is 4.54. The maximum absolute atomic E-state index is 5.98. The predicted molar refractivity (Wildman–Crippen MR) is 119 cm³/mol. The van der Waals surface area contributed by atoms with Gasteiger partial charge in [-0.25, -0.2) is 9.97 Å². The second-order valence-corrected chi connectivity index (χ2v) is 7.17. The summed E-state index contributed by atoms with van der Waals surface area (Å²) in [5.74, 6) is 1.92. The SMILES string of the molecule is CCCCCOCCOc1cnc(-c2ccccc2OC(C)OCCCCC)nc1. The number of benzene rings is 1. The third-order valence-electron chi connectivity index (χ3n) is 4.54. The van der Waals surface area contributed by atoms with E-state index in [0.717, 1.165) is 31.4 Å². The number of aromatic nitrogens is 2. The monoisotopic (exact) mass is 416 g/mol. The van der Waals surface area contributed by atoms with E-state index in [9.17, 15) is 0 Å². The first-order valence-corrected chi connectivity index (χ1v) is 11.1. The lowest BCUT2D eigenvalue weighted by Gasteiger charge is -2.17. The molecule has 2 aromatic rings. The van der Waals surface area contributed by atoms with Gasteiger partial charge in [0, 0.05) is 6.61 Å². The molecule has 1 unspecified atom stereocenters. The number of hydrogen-bond acceptors (Lipinski definition) is 6.